The molecule has 1 aromatic rings. The molecule has 22 heavy (non-hydrogen) atoms. The van der Waals surface area contributed by atoms with Crippen molar-refractivity contribution in [2.24, 2.45) is 5.92 Å². The number of rotatable bonds is 12. The Morgan fingerprint density at radius 3 is 1.86 bits per heavy atom. The van der Waals surface area contributed by atoms with Crippen molar-refractivity contribution < 1.29 is 0 Å². The number of aromatic nitrogens is 1. The van der Waals surface area contributed by atoms with Crippen molar-refractivity contribution in [3.05, 3.63) is 10.4 Å². The fraction of sp³-hybridized carbons (Fsp3) is 0.842. The number of nitrogens with zero attached hydrogens (tertiary/aromatic N) is 1. The standard InChI is InChI=1S/C7H10NS.3C4H9.Sn/c1-6(2)5-7-8-3-4-9-7;3*1-3-4-2;/h4,6H,5H2,1-2H3;3*1,3-4H2,2H3;. The molecule has 0 N–H and O–H groups in total. The van der Waals surface area contributed by atoms with E-state index in [4.69, 9.17) is 4.98 Å². The fourth-order valence-corrected chi connectivity index (χ4v) is 21.5. The summed E-state index contributed by atoms with van der Waals surface area (Å²) in [5, 5.41) is 3.88. The first kappa shape index (κ1) is 20.5. The zero-order chi connectivity index (χ0) is 16.4. The van der Waals surface area contributed by atoms with Gasteiger partial charge in [-0.2, -0.15) is 0 Å². The molecule has 0 saturated carbocycles. The molecule has 0 aromatic carbocycles. The van der Waals surface area contributed by atoms with Crippen molar-refractivity contribution in [3.63, 3.8) is 0 Å². The number of unbranched alkanes of at least 4 members (excludes halogenated alkanes) is 3. The van der Waals surface area contributed by atoms with Crippen LogP contribution >= 0.6 is 11.3 Å². The first-order chi connectivity index (χ1) is 10.6. The first-order valence-electron chi connectivity index (χ1n) is 9.52. The van der Waals surface area contributed by atoms with Crippen molar-refractivity contribution in [3.8, 4) is 0 Å². The topological polar surface area (TPSA) is 12.9 Å². The molecule has 0 saturated heterocycles. The number of hydrogen-bond donors (Lipinski definition) is 0. The van der Waals surface area contributed by atoms with Crippen LogP contribution in [0.15, 0.2) is 5.38 Å². The molecule has 1 heterocycles. The van der Waals surface area contributed by atoms with Crippen LogP contribution in [0.25, 0.3) is 0 Å². The molecule has 0 amide bonds. The van der Waals surface area contributed by atoms with Crippen LogP contribution in [-0.2, 0) is 6.42 Å². The van der Waals surface area contributed by atoms with E-state index in [0.717, 1.165) is 5.92 Å². The average molecular weight is 430 g/mol. The zero-order valence-corrected chi connectivity index (χ0v) is 19.3. The molecule has 0 spiro atoms. The van der Waals surface area contributed by atoms with Gasteiger partial charge in [0.05, 0.1) is 0 Å². The molecule has 1 rings (SSSR count). The summed E-state index contributed by atoms with van der Waals surface area (Å²) in [5.74, 6) is 0.727. The third-order valence-electron chi connectivity index (χ3n) is 4.70. The van der Waals surface area contributed by atoms with E-state index >= 15 is 0 Å². The van der Waals surface area contributed by atoms with Crippen LogP contribution in [0.1, 0.15) is 78.2 Å². The summed E-state index contributed by atoms with van der Waals surface area (Å²) in [4.78, 5) is 5.19. The van der Waals surface area contributed by atoms with E-state index in [2.05, 4.69) is 40.0 Å². The summed E-state index contributed by atoms with van der Waals surface area (Å²) < 4.78 is 6.24. The van der Waals surface area contributed by atoms with Crippen molar-refractivity contribution in [2.45, 2.75) is 92.9 Å². The predicted molar refractivity (Wildman–Crippen MR) is 105 cm³/mol. The monoisotopic (exact) mass is 431 g/mol. The average Bonchev–Trinajstić information content (AvgIpc) is 2.95. The molecule has 0 atom stereocenters. The van der Waals surface area contributed by atoms with Gasteiger partial charge in [0, 0.05) is 0 Å². The van der Waals surface area contributed by atoms with Gasteiger partial charge in [0.15, 0.2) is 0 Å². The van der Waals surface area contributed by atoms with E-state index in [1.54, 1.807) is 3.71 Å². The number of hydrogen-bond acceptors (Lipinski definition) is 2. The van der Waals surface area contributed by atoms with Gasteiger partial charge < -0.3 is 0 Å². The van der Waals surface area contributed by atoms with E-state index in [-0.39, 0.29) is 0 Å². The second-order valence-electron chi connectivity index (χ2n) is 7.32. The minimum absolute atomic E-state index is 0.727. The Balaban J connectivity index is 2.99. The summed E-state index contributed by atoms with van der Waals surface area (Å²) in [6.45, 7) is 11.7. The van der Waals surface area contributed by atoms with Crippen LogP contribution in [0.5, 0.6) is 0 Å². The van der Waals surface area contributed by atoms with Crippen molar-refractivity contribution in [1.82, 2.24) is 4.98 Å². The SMILES string of the molecule is CCC[CH2][Sn]([CH2]CCC)([CH2]CCC)[c]1csc(CC(C)C)n1. The van der Waals surface area contributed by atoms with Crippen LogP contribution in [0.2, 0.25) is 13.3 Å². The quantitative estimate of drug-likeness (QED) is 0.350. The maximum absolute atomic E-state index is 5.19. The third-order valence-corrected chi connectivity index (χ3v) is 21.2. The third kappa shape index (κ3) is 6.51. The maximum atomic E-state index is 5.19. The van der Waals surface area contributed by atoms with Crippen LogP contribution in [0.3, 0.4) is 0 Å². The van der Waals surface area contributed by atoms with Gasteiger partial charge in [-0.05, 0) is 0 Å². The van der Waals surface area contributed by atoms with Gasteiger partial charge in [0.2, 0.25) is 0 Å². The Hall–Kier alpha value is 0.429. The molecule has 0 radical (unpaired) electrons. The summed E-state index contributed by atoms with van der Waals surface area (Å²) in [5.41, 5.74) is 0. The van der Waals surface area contributed by atoms with E-state index in [9.17, 15) is 0 Å². The van der Waals surface area contributed by atoms with Crippen molar-refractivity contribution >= 4 is 33.4 Å². The molecule has 1 aromatic heterocycles. The van der Waals surface area contributed by atoms with Crippen molar-refractivity contribution in [2.75, 3.05) is 0 Å². The fourth-order valence-electron chi connectivity index (χ4n) is 3.30. The number of thiazole rings is 1. The summed E-state index contributed by atoms with van der Waals surface area (Å²) in [6, 6.07) is 0. The van der Waals surface area contributed by atoms with Crippen LogP contribution in [-0.4, -0.2) is 23.4 Å². The summed E-state index contributed by atoms with van der Waals surface area (Å²) in [6.07, 6.45) is 9.50. The first-order valence-corrected chi connectivity index (χ1v) is 17.9. The molecule has 3 heteroatoms. The van der Waals surface area contributed by atoms with Gasteiger partial charge in [-0.3, -0.25) is 0 Å². The Morgan fingerprint density at radius 1 is 0.955 bits per heavy atom. The molecule has 0 fully saturated rings. The van der Waals surface area contributed by atoms with E-state index in [1.165, 1.54) is 63.3 Å². The Bertz CT molecular complexity index is 378. The van der Waals surface area contributed by atoms with Crippen LogP contribution in [0, 0.1) is 5.92 Å². The predicted octanol–water partition coefficient (Wildman–Crippen LogP) is 6.40. The van der Waals surface area contributed by atoms with Gasteiger partial charge in [-0.15, -0.1) is 0 Å². The Morgan fingerprint density at radius 2 is 1.45 bits per heavy atom. The van der Waals surface area contributed by atoms with E-state index < -0.39 is 18.4 Å². The van der Waals surface area contributed by atoms with E-state index in [1.807, 2.05) is 11.3 Å². The van der Waals surface area contributed by atoms with Crippen LogP contribution in [0.4, 0.5) is 0 Å². The molecule has 1 nitrogen and oxygen atoms in total. The van der Waals surface area contributed by atoms with Gasteiger partial charge >= 0.3 is 148 Å². The molecule has 128 valence electrons. The molecule has 0 aliphatic heterocycles. The van der Waals surface area contributed by atoms with Crippen LogP contribution < -0.4 is 3.71 Å². The second kappa shape index (κ2) is 11.1. The Labute approximate surface area is 147 Å². The van der Waals surface area contributed by atoms with Gasteiger partial charge in [-0.25, -0.2) is 0 Å². The molecule has 0 aliphatic carbocycles. The minimum atomic E-state index is -2.25. The Kier molecular flexibility index (Phi) is 10.3. The zero-order valence-electron chi connectivity index (χ0n) is 15.6. The molecule has 0 aliphatic rings. The van der Waals surface area contributed by atoms with Gasteiger partial charge in [0.25, 0.3) is 0 Å². The summed E-state index contributed by atoms with van der Waals surface area (Å²) in [7, 11) is 0. The molecular weight excluding hydrogens is 393 g/mol. The molecule has 0 unspecified atom stereocenters. The molecule has 0 bridgehead atoms. The van der Waals surface area contributed by atoms with Crippen molar-refractivity contribution in [1.29, 1.82) is 0 Å². The second-order valence-corrected chi connectivity index (χ2v) is 21.3. The normalized spacial score (nSPS) is 12.3. The van der Waals surface area contributed by atoms with Gasteiger partial charge in [0.1, 0.15) is 0 Å². The van der Waals surface area contributed by atoms with Gasteiger partial charge in [-0.1, -0.05) is 0 Å². The van der Waals surface area contributed by atoms with E-state index in [0.29, 0.717) is 0 Å². The summed E-state index contributed by atoms with van der Waals surface area (Å²) >= 11 is -0.300. The molecular formula is C19H37NSSn.